The molecule has 0 aromatic rings. The molecule has 3 aliphatic carbocycles. The van der Waals surface area contributed by atoms with Gasteiger partial charge in [-0.1, -0.05) is 62.8 Å². The molecular formula is C14H22. The maximum Gasteiger partial charge on any atom is -0.00531 e. The molecule has 14 heavy (non-hydrogen) atoms. The van der Waals surface area contributed by atoms with Crippen LogP contribution in [0, 0.1) is 11.8 Å². The Kier molecular flexibility index (Phi) is 3.85. The summed E-state index contributed by atoms with van der Waals surface area (Å²) in [6.45, 7) is 0. The maximum atomic E-state index is 2.44. The summed E-state index contributed by atoms with van der Waals surface area (Å²) in [7, 11) is 0. The minimum atomic E-state index is 0.755. The molecule has 0 heterocycles. The molecule has 0 atom stereocenters. The summed E-state index contributed by atoms with van der Waals surface area (Å²) in [5.41, 5.74) is 0. The first kappa shape index (κ1) is 10.0. The van der Waals surface area contributed by atoms with Crippen LogP contribution in [0.2, 0.25) is 0 Å². The van der Waals surface area contributed by atoms with Gasteiger partial charge < -0.3 is 0 Å². The molecule has 0 fully saturated rings. The molecule has 0 saturated heterocycles. The molecule has 0 aromatic heterocycles. The predicted molar refractivity (Wildman–Crippen MR) is 62.2 cm³/mol. The van der Waals surface area contributed by atoms with Crippen LogP contribution < -0.4 is 0 Å². The number of allylic oxidation sites excluding steroid dienone is 4. The molecule has 0 aromatic carbocycles. The van der Waals surface area contributed by atoms with Crippen molar-refractivity contribution in [1.29, 1.82) is 0 Å². The summed E-state index contributed by atoms with van der Waals surface area (Å²) in [4.78, 5) is 0. The quantitative estimate of drug-likeness (QED) is 0.494. The van der Waals surface area contributed by atoms with Crippen LogP contribution in [-0.4, -0.2) is 0 Å². The highest BCUT2D eigenvalue weighted by molar-refractivity contribution is 5.13. The van der Waals surface area contributed by atoms with E-state index in [1.807, 2.05) is 0 Å². The Morgan fingerprint density at radius 3 is 1.29 bits per heavy atom. The Labute approximate surface area is 88.1 Å². The van der Waals surface area contributed by atoms with Crippen molar-refractivity contribution in [2.75, 3.05) is 0 Å². The summed E-state index contributed by atoms with van der Waals surface area (Å²) in [5.74, 6) is 1.51. The van der Waals surface area contributed by atoms with Gasteiger partial charge in [-0.3, -0.25) is 0 Å². The number of rotatable bonds is 0. The van der Waals surface area contributed by atoms with Gasteiger partial charge in [0, 0.05) is 0 Å². The molecule has 0 heteroatoms. The molecule has 3 aliphatic rings. The third kappa shape index (κ3) is 3.01. The monoisotopic (exact) mass is 190 g/mol. The topological polar surface area (TPSA) is 0 Å². The smallest absolute Gasteiger partial charge is 0.00531 e. The van der Waals surface area contributed by atoms with Gasteiger partial charge in [-0.15, -0.1) is 0 Å². The van der Waals surface area contributed by atoms with Crippen molar-refractivity contribution < 1.29 is 0 Å². The Bertz CT molecular complexity index is 176. The molecule has 0 aliphatic heterocycles. The van der Waals surface area contributed by atoms with E-state index in [0.29, 0.717) is 0 Å². The summed E-state index contributed by atoms with van der Waals surface area (Å²) in [6.07, 6.45) is 21.2. The molecule has 0 N–H and O–H groups in total. The molecule has 78 valence electrons. The zero-order chi connectivity index (χ0) is 9.64. The van der Waals surface area contributed by atoms with E-state index in [9.17, 15) is 0 Å². The predicted octanol–water partition coefficient (Wildman–Crippen LogP) is 4.48. The van der Waals surface area contributed by atoms with E-state index < -0.39 is 0 Å². The molecule has 0 spiro atoms. The van der Waals surface area contributed by atoms with Gasteiger partial charge in [0.1, 0.15) is 0 Å². The van der Waals surface area contributed by atoms with E-state index >= 15 is 0 Å². The van der Waals surface area contributed by atoms with Gasteiger partial charge in [0.15, 0.2) is 0 Å². The van der Waals surface area contributed by atoms with Crippen LogP contribution in [0.15, 0.2) is 24.3 Å². The highest BCUT2D eigenvalue weighted by Crippen LogP contribution is 2.25. The Morgan fingerprint density at radius 1 is 0.500 bits per heavy atom. The largest absolute Gasteiger partial charge is 0.0810 e. The number of fused-ring (bicyclic) bond motifs is 7. The van der Waals surface area contributed by atoms with Crippen molar-refractivity contribution in [1.82, 2.24) is 0 Å². The second-order valence-corrected chi connectivity index (χ2v) is 4.80. The van der Waals surface area contributed by atoms with Crippen molar-refractivity contribution in [3.63, 3.8) is 0 Å². The lowest BCUT2D eigenvalue weighted by atomic mass is 9.88. The Hall–Kier alpha value is -0.520. The third-order valence-electron chi connectivity index (χ3n) is 3.54. The molecular weight excluding hydrogens is 168 g/mol. The third-order valence-corrected chi connectivity index (χ3v) is 3.54. The highest BCUT2D eigenvalue weighted by atomic mass is 14.2. The van der Waals surface area contributed by atoms with Crippen molar-refractivity contribution in [2.24, 2.45) is 11.8 Å². The lowest BCUT2D eigenvalue weighted by molar-refractivity contribution is 0.515. The van der Waals surface area contributed by atoms with Gasteiger partial charge in [-0.05, 0) is 24.7 Å². The lowest BCUT2D eigenvalue weighted by Gasteiger charge is -2.17. The fourth-order valence-corrected chi connectivity index (χ4v) is 2.55. The van der Waals surface area contributed by atoms with Gasteiger partial charge >= 0.3 is 0 Å². The molecule has 0 nitrogen and oxygen atoms in total. The summed E-state index contributed by atoms with van der Waals surface area (Å²) < 4.78 is 0. The van der Waals surface area contributed by atoms with Gasteiger partial charge in [0.05, 0.1) is 0 Å². The van der Waals surface area contributed by atoms with Gasteiger partial charge in [-0.2, -0.15) is 0 Å². The first-order chi connectivity index (χ1) is 6.95. The maximum absolute atomic E-state index is 2.44. The molecule has 0 unspecified atom stereocenters. The summed E-state index contributed by atoms with van der Waals surface area (Å²) >= 11 is 0. The summed E-state index contributed by atoms with van der Waals surface area (Å²) in [6, 6.07) is 0. The first-order valence-electron chi connectivity index (χ1n) is 6.32. The molecule has 3 rings (SSSR count). The van der Waals surface area contributed by atoms with E-state index in [-0.39, 0.29) is 0 Å². The van der Waals surface area contributed by atoms with Crippen LogP contribution in [0.4, 0.5) is 0 Å². The number of hydrogen-bond acceptors (Lipinski definition) is 0. The molecule has 0 saturated carbocycles. The molecule has 0 amide bonds. The van der Waals surface area contributed by atoms with Crippen molar-refractivity contribution >= 4 is 0 Å². The van der Waals surface area contributed by atoms with E-state index in [2.05, 4.69) is 24.3 Å². The SMILES string of the molecule is C1=CC2C=CC1CCCCCCCC2. The molecule has 2 bridgehead atoms. The van der Waals surface area contributed by atoms with Crippen LogP contribution in [0.3, 0.4) is 0 Å². The van der Waals surface area contributed by atoms with Gasteiger partial charge in [0.25, 0.3) is 0 Å². The molecule has 0 radical (unpaired) electrons. The Morgan fingerprint density at radius 2 is 0.857 bits per heavy atom. The highest BCUT2D eigenvalue weighted by Gasteiger charge is 2.10. The summed E-state index contributed by atoms with van der Waals surface area (Å²) in [5, 5.41) is 0. The van der Waals surface area contributed by atoms with Crippen LogP contribution >= 0.6 is 0 Å². The van der Waals surface area contributed by atoms with Crippen molar-refractivity contribution in [3.05, 3.63) is 24.3 Å². The van der Waals surface area contributed by atoms with E-state index in [1.54, 1.807) is 0 Å². The van der Waals surface area contributed by atoms with Crippen molar-refractivity contribution in [3.8, 4) is 0 Å². The van der Waals surface area contributed by atoms with Crippen LogP contribution in [0.5, 0.6) is 0 Å². The Balaban J connectivity index is 1.90. The van der Waals surface area contributed by atoms with E-state index in [4.69, 9.17) is 0 Å². The zero-order valence-electron chi connectivity index (χ0n) is 9.12. The van der Waals surface area contributed by atoms with Crippen molar-refractivity contribution in [2.45, 2.75) is 51.4 Å². The standard InChI is InChI=1S/C14H22/c1-2-4-6-8-14-11-9-13(10-12-14)7-5-3-1/h9-14H,1-8H2. The first-order valence-corrected chi connectivity index (χ1v) is 6.32. The van der Waals surface area contributed by atoms with Crippen LogP contribution in [0.1, 0.15) is 51.4 Å². The second kappa shape index (κ2) is 5.38. The lowest BCUT2D eigenvalue weighted by Crippen LogP contribution is -2.03. The second-order valence-electron chi connectivity index (χ2n) is 4.80. The minimum absolute atomic E-state index is 0.755. The number of hydrogen-bond donors (Lipinski definition) is 0. The van der Waals surface area contributed by atoms with E-state index in [0.717, 1.165) is 11.8 Å². The van der Waals surface area contributed by atoms with Crippen LogP contribution in [-0.2, 0) is 0 Å². The van der Waals surface area contributed by atoms with Gasteiger partial charge in [0.2, 0.25) is 0 Å². The normalized spacial score (nSPS) is 33.7. The van der Waals surface area contributed by atoms with Crippen LogP contribution in [0.25, 0.3) is 0 Å². The van der Waals surface area contributed by atoms with Gasteiger partial charge in [-0.25, -0.2) is 0 Å². The fraction of sp³-hybridized carbons (Fsp3) is 0.714. The average molecular weight is 190 g/mol. The minimum Gasteiger partial charge on any atom is -0.0810 e. The zero-order valence-corrected chi connectivity index (χ0v) is 9.12. The average Bonchev–Trinajstić information content (AvgIpc) is 2.20. The van der Waals surface area contributed by atoms with E-state index in [1.165, 1.54) is 51.4 Å². The fourth-order valence-electron chi connectivity index (χ4n) is 2.55.